The molecule has 0 aliphatic rings. The van der Waals surface area contributed by atoms with Crippen LogP contribution >= 0.6 is 0 Å². The molecular formula is C27H30N2. The van der Waals surface area contributed by atoms with Crippen molar-refractivity contribution in [3.05, 3.63) is 82.7 Å². The van der Waals surface area contributed by atoms with Crippen LogP contribution in [0.1, 0.15) is 54.1 Å². The van der Waals surface area contributed by atoms with Crippen LogP contribution in [-0.4, -0.2) is 9.97 Å². The average Bonchev–Trinajstić information content (AvgIpc) is 2.73. The molecule has 2 heterocycles. The summed E-state index contributed by atoms with van der Waals surface area (Å²) in [6.07, 6.45) is 9.16. The number of aromatic nitrogens is 2. The van der Waals surface area contributed by atoms with Gasteiger partial charge in [0.2, 0.25) is 0 Å². The quantitative estimate of drug-likeness (QED) is 0.256. The van der Waals surface area contributed by atoms with Crippen molar-refractivity contribution < 1.29 is 0 Å². The molecule has 2 nitrogen and oxygen atoms in total. The molecule has 148 valence electrons. The third-order valence-corrected chi connectivity index (χ3v) is 5.81. The van der Waals surface area contributed by atoms with E-state index in [1.807, 2.05) is 6.20 Å². The van der Waals surface area contributed by atoms with Crippen molar-refractivity contribution in [3.63, 3.8) is 0 Å². The van der Waals surface area contributed by atoms with Gasteiger partial charge in [0.1, 0.15) is 0 Å². The third-order valence-electron chi connectivity index (χ3n) is 5.81. The maximum atomic E-state index is 4.76. The van der Waals surface area contributed by atoms with Gasteiger partial charge in [-0.05, 0) is 73.9 Å². The Kier molecular flexibility index (Phi) is 5.89. The van der Waals surface area contributed by atoms with Crippen molar-refractivity contribution in [1.29, 1.82) is 0 Å². The molecule has 4 rings (SSSR count). The van der Waals surface area contributed by atoms with Crippen LogP contribution in [0.3, 0.4) is 0 Å². The van der Waals surface area contributed by atoms with Crippen LogP contribution in [0.2, 0.25) is 0 Å². The zero-order valence-corrected chi connectivity index (χ0v) is 17.8. The predicted octanol–water partition coefficient (Wildman–Crippen LogP) is 6.92. The van der Waals surface area contributed by atoms with Gasteiger partial charge in [-0.1, -0.05) is 56.2 Å². The lowest BCUT2D eigenvalue weighted by atomic mass is 10.00. The van der Waals surface area contributed by atoms with Gasteiger partial charge in [-0.15, -0.1) is 0 Å². The molecule has 0 N–H and O–H groups in total. The van der Waals surface area contributed by atoms with Crippen molar-refractivity contribution in [2.45, 2.75) is 59.3 Å². The summed E-state index contributed by atoms with van der Waals surface area (Å²) in [5, 5.41) is 2.42. The Labute approximate surface area is 174 Å². The fraction of sp³-hybridized carbons (Fsp3) is 0.333. The number of hydrogen-bond acceptors (Lipinski definition) is 2. The van der Waals surface area contributed by atoms with Gasteiger partial charge in [0.05, 0.1) is 16.7 Å². The summed E-state index contributed by atoms with van der Waals surface area (Å²) < 4.78 is 0. The Morgan fingerprint density at radius 3 is 2.21 bits per heavy atom. The highest BCUT2D eigenvalue weighted by Gasteiger charge is 2.08. The number of rotatable bonds is 7. The molecule has 0 aliphatic carbocycles. The SMILES string of the molecule is CCCCCc1ccc(CCc2cnc3c(C)nc4cc(C)ccc4c3c2)cc1. The summed E-state index contributed by atoms with van der Waals surface area (Å²) in [6, 6.07) is 18.0. The fourth-order valence-electron chi connectivity index (χ4n) is 4.07. The lowest BCUT2D eigenvalue weighted by molar-refractivity contribution is 0.717. The van der Waals surface area contributed by atoms with Crippen molar-refractivity contribution in [2.75, 3.05) is 0 Å². The predicted molar refractivity (Wildman–Crippen MR) is 124 cm³/mol. The van der Waals surface area contributed by atoms with Crippen LogP contribution < -0.4 is 0 Å². The summed E-state index contributed by atoms with van der Waals surface area (Å²) in [7, 11) is 0. The molecule has 2 heteroatoms. The van der Waals surface area contributed by atoms with Gasteiger partial charge < -0.3 is 0 Å². The summed E-state index contributed by atoms with van der Waals surface area (Å²) in [4.78, 5) is 9.52. The molecular weight excluding hydrogens is 352 g/mol. The van der Waals surface area contributed by atoms with E-state index in [2.05, 4.69) is 69.3 Å². The first-order chi connectivity index (χ1) is 14.1. The Morgan fingerprint density at radius 2 is 1.45 bits per heavy atom. The van der Waals surface area contributed by atoms with Crippen molar-refractivity contribution in [2.24, 2.45) is 0 Å². The topological polar surface area (TPSA) is 25.8 Å². The molecule has 0 saturated carbocycles. The first kappa shape index (κ1) is 19.6. The molecule has 0 atom stereocenters. The fourth-order valence-corrected chi connectivity index (χ4v) is 4.07. The number of benzene rings is 2. The minimum absolute atomic E-state index is 1.00. The molecule has 0 unspecified atom stereocenters. The normalized spacial score (nSPS) is 11.4. The van der Waals surface area contributed by atoms with Crippen LogP contribution in [0.15, 0.2) is 54.7 Å². The van der Waals surface area contributed by atoms with Gasteiger partial charge >= 0.3 is 0 Å². The van der Waals surface area contributed by atoms with Crippen LogP contribution in [0.5, 0.6) is 0 Å². The van der Waals surface area contributed by atoms with E-state index >= 15 is 0 Å². The van der Waals surface area contributed by atoms with Crippen LogP contribution in [-0.2, 0) is 19.3 Å². The third kappa shape index (κ3) is 4.48. The van der Waals surface area contributed by atoms with Crippen molar-refractivity contribution in [3.8, 4) is 0 Å². The van der Waals surface area contributed by atoms with Gasteiger partial charge in [0, 0.05) is 17.0 Å². The van der Waals surface area contributed by atoms with E-state index in [0.717, 1.165) is 29.6 Å². The molecule has 0 radical (unpaired) electrons. The van der Waals surface area contributed by atoms with Crippen LogP contribution in [0.4, 0.5) is 0 Å². The second-order valence-electron chi connectivity index (χ2n) is 8.23. The first-order valence-corrected chi connectivity index (χ1v) is 10.9. The summed E-state index contributed by atoms with van der Waals surface area (Å²) in [5.74, 6) is 0. The summed E-state index contributed by atoms with van der Waals surface area (Å²) in [5.41, 5.74) is 8.47. The number of aryl methyl sites for hydroxylation is 5. The van der Waals surface area contributed by atoms with E-state index in [-0.39, 0.29) is 0 Å². The van der Waals surface area contributed by atoms with E-state index in [0.29, 0.717) is 0 Å². The number of fused-ring (bicyclic) bond motifs is 3. The number of unbranched alkanes of at least 4 members (excludes halogenated alkanes) is 2. The zero-order chi connectivity index (χ0) is 20.2. The van der Waals surface area contributed by atoms with E-state index in [1.165, 1.54) is 58.7 Å². The summed E-state index contributed by atoms with van der Waals surface area (Å²) in [6.45, 7) is 6.43. The minimum Gasteiger partial charge on any atom is -0.254 e. The van der Waals surface area contributed by atoms with E-state index in [1.54, 1.807) is 0 Å². The average molecular weight is 383 g/mol. The Bertz CT molecular complexity index is 1130. The van der Waals surface area contributed by atoms with E-state index in [9.17, 15) is 0 Å². The standard InChI is InChI=1S/C27H30N2/c1-4-5-6-7-21-9-11-22(12-10-21)13-14-23-17-25-24-15-8-19(2)16-26(24)29-20(3)27(25)28-18-23/h8-12,15-18H,4-7,13-14H2,1-3H3. The summed E-state index contributed by atoms with van der Waals surface area (Å²) >= 11 is 0. The largest absolute Gasteiger partial charge is 0.254 e. The minimum atomic E-state index is 1.00. The smallest absolute Gasteiger partial charge is 0.0921 e. The highest BCUT2D eigenvalue weighted by Crippen LogP contribution is 2.26. The zero-order valence-electron chi connectivity index (χ0n) is 17.8. The second-order valence-corrected chi connectivity index (χ2v) is 8.23. The van der Waals surface area contributed by atoms with Crippen LogP contribution in [0.25, 0.3) is 21.8 Å². The molecule has 0 amide bonds. The number of hydrogen-bond donors (Lipinski definition) is 0. The molecule has 0 fully saturated rings. The lowest BCUT2D eigenvalue weighted by Gasteiger charge is -2.09. The number of nitrogens with zero attached hydrogens (tertiary/aromatic N) is 2. The molecule has 29 heavy (non-hydrogen) atoms. The number of pyridine rings is 2. The molecule has 0 aliphatic heterocycles. The van der Waals surface area contributed by atoms with Gasteiger partial charge in [-0.3, -0.25) is 9.97 Å². The molecule has 2 aromatic carbocycles. The van der Waals surface area contributed by atoms with Crippen LogP contribution in [0, 0.1) is 13.8 Å². The highest BCUT2D eigenvalue weighted by molar-refractivity contribution is 6.05. The molecule has 2 aromatic heterocycles. The molecule has 0 spiro atoms. The van der Waals surface area contributed by atoms with Crippen molar-refractivity contribution >= 4 is 21.8 Å². The lowest BCUT2D eigenvalue weighted by Crippen LogP contribution is -1.96. The van der Waals surface area contributed by atoms with Gasteiger partial charge in [0.25, 0.3) is 0 Å². The van der Waals surface area contributed by atoms with E-state index < -0.39 is 0 Å². The second kappa shape index (κ2) is 8.73. The van der Waals surface area contributed by atoms with Gasteiger partial charge in [0.15, 0.2) is 0 Å². The highest BCUT2D eigenvalue weighted by atomic mass is 14.8. The Hall–Kier alpha value is -2.74. The maximum absolute atomic E-state index is 4.76. The van der Waals surface area contributed by atoms with Gasteiger partial charge in [-0.2, -0.15) is 0 Å². The first-order valence-electron chi connectivity index (χ1n) is 10.9. The van der Waals surface area contributed by atoms with Gasteiger partial charge in [-0.25, -0.2) is 0 Å². The maximum Gasteiger partial charge on any atom is 0.0921 e. The van der Waals surface area contributed by atoms with E-state index in [4.69, 9.17) is 9.97 Å². The monoisotopic (exact) mass is 382 g/mol. The Balaban J connectivity index is 1.53. The Morgan fingerprint density at radius 1 is 0.724 bits per heavy atom. The van der Waals surface area contributed by atoms with Crippen molar-refractivity contribution in [1.82, 2.24) is 9.97 Å². The molecule has 0 saturated heterocycles. The molecule has 4 aromatic rings. The molecule has 0 bridgehead atoms.